The lowest BCUT2D eigenvalue weighted by Gasteiger charge is -2.36. The summed E-state index contributed by atoms with van der Waals surface area (Å²) in [5, 5.41) is 2.95. The molecule has 7 nitrogen and oxygen atoms in total. The van der Waals surface area contributed by atoms with Gasteiger partial charge in [-0.3, -0.25) is 4.98 Å². The number of pyridine rings is 1. The van der Waals surface area contributed by atoms with Gasteiger partial charge in [-0.1, -0.05) is 26.7 Å². The number of amides is 1. The summed E-state index contributed by atoms with van der Waals surface area (Å²) in [6, 6.07) is 3.57. The fourth-order valence-electron chi connectivity index (χ4n) is 5.33. The van der Waals surface area contributed by atoms with E-state index < -0.39 is 35.1 Å². The first-order valence-electron chi connectivity index (χ1n) is 13.1. The maximum absolute atomic E-state index is 13.5. The Hall–Kier alpha value is -2.15. The molecule has 1 saturated heterocycles. The lowest BCUT2D eigenvalue weighted by Crippen LogP contribution is -2.59. The molecule has 1 aliphatic heterocycles. The van der Waals surface area contributed by atoms with E-state index in [1.807, 2.05) is 27.0 Å². The highest BCUT2D eigenvalue weighted by atomic mass is 16.8. The lowest BCUT2D eigenvalue weighted by atomic mass is 9.83. The van der Waals surface area contributed by atoms with Crippen LogP contribution in [-0.4, -0.2) is 40.1 Å². The number of aromatic nitrogens is 1. The summed E-state index contributed by atoms with van der Waals surface area (Å²) in [5.41, 5.74) is -0.00344. The zero-order valence-electron chi connectivity index (χ0n) is 22.3. The number of nitrogens with zero attached hydrogens (tertiary/aromatic N) is 1. The molecule has 0 radical (unpaired) electrons. The first-order chi connectivity index (χ1) is 16.3. The molecule has 0 aromatic carbocycles. The highest BCUT2D eigenvalue weighted by Gasteiger charge is 2.59. The Morgan fingerprint density at radius 1 is 1.29 bits per heavy atom. The van der Waals surface area contributed by atoms with E-state index in [1.165, 1.54) is 31.2 Å². The predicted octanol–water partition coefficient (Wildman–Crippen LogP) is 5.52. The highest BCUT2D eigenvalue weighted by molar-refractivity contribution is 5.84. The van der Waals surface area contributed by atoms with E-state index in [0.717, 1.165) is 17.5 Å². The van der Waals surface area contributed by atoms with Gasteiger partial charge in [0, 0.05) is 32.2 Å². The number of rotatable bonds is 9. The number of nitrogens with one attached hydrogen (secondary N) is 1. The molecule has 0 spiro atoms. The van der Waals surface area contributed by atoms with Gasteiger partial charge in [0.25, 0.3) is 0 Å². The van der Waals surface area contributed by atoms with Crippen molar-refractivity contribution in [1.29, 1.82) is 0 Å². The summed E-state index contributed by atoms with van der Waals surface area (Å²) >= 11 is 0. The number of esters is 1. The molecule has 0 bridgehead atoms. The van der Waals surface area contributed by atoms with Gasteiger partial charge in [0.05, 0.1) is 6.04 Å². The second-order valence-electron chi connectivity index (χ2n) is 12.6. The normalized spacial score (nSPS) is 28.5. The first-order valence-corrected chi connectivity index (χ1v) is 13.1. The van der Waals surface area contributed by atoms with Crippen molar-refractivity contribution in [3.05, 3.63) is 29.6 Å². The van der Waals surface area contributed by atoms with Crippen LogP contribution in [-0.2, 0) is 25.4 Å². The molecule has 35 heavy (non-hydrogen) atoms. The van der Waals surface area contributed by atoms with Gasteiger partial charge in [0.15, 0.2) is 5.60 Å². The largest absolute Gasteiger partial charge is 0.444 e. The number of carbonyl (C=O) groups is 2. The third-order valence-corrected chi connectivity index (χ3v) is 7.04. The van der Waals surface area contributed by atoms with E-state index in [0.29, 0.717) is 12.3 Å². The number of cyclic esters (lactones) is 1. The first kappa shape index (κ1) is 25.9. The molecule has 1 aromatic heterocycles. The molecule has 2 saturated carbocycles. The van der Waals surface area contributed by atoms with Gasteiger partial charge in [-0.25, -0.2) is 9.59 Å². The molecule has 2 unspecified atom stereocenters. The smallest absolute Gasteiger partial charge is 0.407 e. The van der Waals surface area contributed by atoms with Gasteiger partial charge in [-0.15, -0.1) is 0 Å². The van der Waals surface area contributed by atoms with Crippen molar-refractivity contribution in [2.75, 3.05) is 0 Å². The lowest BCUT2D eigenvalue weighted by molar-refractivity contribution is -0.170. The van der Waals surface area contributed by atoms with E-state index >= 15 is 0 Å². The Labute approximate surface area is 209 Å². The minimum atomic E-state index is -1.40. The van der Waals surface area contributed by atoms with Crippen molar-refractivity contribution in [2.24, 2.45) is 17.8 Å². The Morgan fingerprint density at radius 2 is 2.00 bits per heavy atom. The van der Waals surface area contributed by atoms with Gasteiger partial charge in [0.1, 0.15) is 5.60 Å². The molecule has 1 N–H and O–H groups in total. The van der Waals surface area contributed by atoms with E-state index in [-0.39, 0.29) is 12.3 Å². The van der Waals surface area contributed by atoms with Crippen LogP contribution in [0.25, 0.3) is 0 Å². The van der Waals surface area contributed by atoms with Crippen molar-refractivity contribution in [2.45, 2.75) is 116 Å². The van der Waals surface area contributed by atoms with Crippen LogP contribution in [0.3, 0.4) is 0 Å². The summed E-state index contributed by atoms with van der Waals surface area (Å²) in [6.07, 6.45) is 7.31. The van der Waals surface area contributed by atoms with Crippen molar-refractivity contribution < 1.29 is 23.8 Å². The highest BCUT2D eigenvalue weighted by Crippen LogP contribution is 2.54. The van der Waals surface area contributed by atoms with Gasteiger partial charge in [-0.05, 0) is 81.4 Å². The molecule has 3 aliphatic rings. The zero-order valence-corrected chi connectivity index (χ0v) is 22.3. The molecule has 2 aliphatic carbocycles. The molecule has 3 fully saturated rings. The summed E-state index contributed by atoms with van der Waals surface area (Å²) < 4.78 is 17.5. The predicted molar refractivity (Wildman–Crippen MR) is 133 cm³/mol. The molecule has 4 atom stereocenters. The third kappa shape index (κ3) is 6.54. The van der Waals surface area contributed by atoms with Gasteiger partial charge >= 0.3 is 12.1 Å². The summed E-state index contributed by atoms with van der Waals surface area (Å²) in [5.74, 6) is 0.878. The number of carbonyl (C=O) groups excluding carboxylic acids is 2. The van der Waals surface area contributed by atoms with Crippen LogP contribution in [0.15, 0.2) is 18.3 Å². The van der Waals surface area contributed by atoms with Crippen LogP contribution in [0.2, 0.25) is 0 Å². The molecule has 4 rings (SSSR count). The molecule has 7 heteroatoms. The number of alkyl carbamates (subject to hydrolysis) is 1. The number of hydrogen-bond acceptors (Lipinski definition) is 6. The van der Waals surface area contributed by atoms with Crippen LogP contribution in [0.4, 0.5) is 4.79 Å². The number of ether oxygens (including phenoxy) is 3. The monoisotopic (exact) mass is 486 g/mol. The minimum Gasteiger partial charge on any atom is -0.444 e. The molecular weight excluding hydrogens is 444 g/mol. The Morgan fingerprint density at radius 3 is 2.57 bits per heavy atom. The van der Waals surface area contributed by atoms with Crippen molar-refractivity contribution >= 4 is 12.1 Å². The zero-order chi connectivity index (χ0) is 25.6. The fraction of sp³-hybridized carbons (Fsp3) is 0.750. The third-order valence-electron chi connectivity index (χ3n) is 7.04. The quantitative estimate of drug-likeness (QED) is 0.463. The van der Waals surface area contributed by atoms with Crippen molar-refractivity contribution in [3.8, 4) is 0 Å². The molecule has 1 aromatic rings. The molecule has 2 heterocycles. The van der Waals surface area contributed by atoms with E-state index in [1.54, 1.807) is 13.8 Å². The SMILES string of the molecule is CC(C)C[C@H](NC(=O)OC(C)(C)C)[C@@]1(Cc2cc(C3CC3CC3CC3)ccn2)OC(C)(C)OC1=O. The second kappa shape index (κ2) is 9.38. The topological polar surface area (TPSA) is 86.8 Å². The summed E-state index contributed by atoms with van der Waals surface area (Å²) in [4.78, 5) is 30.9. The summed E-state index contributed by atoms with van der Waals surface area (Å²) in [7, 11) is 0. The Bertz CT molecular complexity index is 949. The van der Waals surface area contributed by atoms with Gasteiger partial charge in [-0.2, -0.15) is 0 Å². The average Bonchev–Trinajstić information content (AvgIpc) is 3.62. The fourth-order valence-corrected chi connectivity index (χ4v) is 5.33. The Kier molecular flexibility index (Phi) is 6.95. The van der Waals surface area contributed by atoms with E-state index in [2.05, 4.69) is 36.3 Å². The van der Waals surface area contributed by atoms with Gasteiger partial charge < -0.3 is 19.5 Å². The van der Waals surface area contributed by atoms with E-state index in [4.69, 9.17) is 14.2 Å². The van der Waals surface area contributed by atoms with Crippen LogP contribution in [0.1, 0.15) is 97.7 Å². The standard InChI is InChI=1S/C28H42N2O5/c1-17(2)12-23(30-25(32)34-26(3,4)5)28(24(31)33-27(6,7)35-28)16-21-14-19(10-11-29-21)22-15-20(22)13-18-8-9-18/h10-11,14,17-18,20,22-23H,8-9,12-13,15-16H2,1-7H3,(H,30,32)/t20?,22?,23-,28+/m0/s1. The molecule has 1 amide bonds. The van der Waals surface area contributed by atoms with E-state index in [9.17, 15) is 9.59 Å². The average molecular weight is 487 g/mol. The van der Waals surface area contributed by atoms with Crippen LogP contribution in [0, 0.1) is 17.8 Å². The number of hydrogen-bond donors (Lipinski definition) is 1. The second-order valence-corrected chi connectivity index (χ2v) is 12.6. The molecule has 194 valence electrons. The maximum Gasteiger partial charge on any atom is 0.407 e. The van der Waals surface area contributed by atoms with Gasteiger partial charge in [0.2, 0.25) is 5.79 Å². The maximum atomic E-state index is 13.5. The minimum absolute atomic E-state index is 0.195. The molecular formula is C28H42N2O5. The van der Waals surface area contributed by atoms with Crippen molar-refractivity contribution in [1.82, 2.24) is 10.3 Å². The summed E-state index contributed by atoms with van der Waals surface area (Å²) in [6.45, 7) is 13.0. The van der Waals surface area contributed by atoms with Crippen molar-refractivity contribution in [3.63, 3.8) is 0 Å². The Balaban J connectivity index is 1.60. The van der Waals surface area contributed by atoms with Crippen LogP contribution in [0.5, 0.6) is 0 Å². The van der Waals surface area contributed by atoms with Crippen LogP contribution >= 0.6 is 0 Å². The van der Waals surface area contributed by atoms with Crippen LogP contribution < -0.4 is 5.32 Å².